The average Bonchev–Trinajstić information content (AvgIpc) is 2.77. The van der Waals surface area contributed by atoms with Crippen LogP contribution in [0.15, 0.2) is 40.3 Å². The van der Waals surface area contributed by atoms with Gasteiger partial charge in [-0.15, -0.1) is 11.3 Å². The summed E-state index contributed by atoms with van der Waals surface area (Å²) in [7, 11) is 0. The molecule has 0 radical (unpaired) electrons. The highest BCUT2D eigenvalue weighted by Gasteiger charge is 2.08. The molecule has 0 spiro atoms. The number of hydrogen-bond acceptors (Lipinski definition) is 4. The molecule has 3 rings (SSSR count). The molecule has 5 heteroatoms. The van der Waals surface area contributed by atoms with Gasteiger partial charge in [-0.1, -0.05) is 12.1 Å². The number of phenols is 1. The van der Waals surface area contributed by atoms with Gasteiger partial charge in [0.15, 0.2) is 5.82 Å². The van der Waals surface area contributed by atoms with Gasteiger partial charge in [0.2, 0.25) is 0 Å². The lowest BCUT2D eigenvalue weighted by Crippen LogP contribution is -1.89. The van der Waals surface area contributed by atoms with Crippen LogP contribution in [0.4, 0.5) is 0 Å². The molecule has 0 aliphatic heterocycles. The minimum Gasteiger partial charge on any atom is -0.508 e. The Morgan fingerprint density at radius 2 is 2.06 bits per heavy atom. The lowest BCUT2D eigenvalue weighted by Gasteiger charge is -2.02. The van der Waals surface area contributed by atoms with E-state index in [9.17, 15) is 5.11 Å². The highest BCUT2D eigenvalue weighted by molar-refractivity contribution is 9.10. The van der Waals surface area contributed by atoms with Crippen molar-refractivity contribution in [3.05, 3.63) is 40.3 Å². The highest BCUT2D eigenvalue weighted by Crippen LogP contribution is 2.29. The Morgan fingerprint density at radius 3 is 2.88 bits per heavy atom. The van der Waals surface area contributed by atoms with Gasteiger partial charge in [0.1, 0.15) is 10.4 Å². The number of fused-ring (bicyclic) bond motifs is 1. The first-order valence-corrected chi connectivity index (χ1v) is 6.61. The van der Waals surface area contributed by atoms with Gasteiger partial charge in [-0.3, -0.25) is 0 Å². The first kappa shape index (κ1) is 10.7. The van der Waals surface area contributed by atoms with Crippen molar-refractivity contribution >= 4 is 37.5 Å². The third-order valence-electron chi connectivity index (χ3n) is 2.37. The van der Waals surface area contributed by atoms with Crippen molar-refractivity contribution in [1.82, 2.24) is 9.97 Å². The lowest BCUT2D eigenvalue weighted by molar-refractivity contribution is 0.475. The Bertz CT molecular complexity index is 696. The predicted molar refractivity (Wildman–Crippen MR) is 72.2 cm³/mol. The van der Waals surface area contributed by atoms with E-state index in [1.807, 2.05) is 17.5 Å². The zero-order chi connectivity index (χ0) is 11.8. The SMILES string of the molecule is Oc1cccc(-c2nc(Br)c3sccc3n2)c1. The van der Waals surface area contributed by atoms with Crippen LogP contribution < -0.4 is 0 Å². The topological polar surface area (TPSA) is 46.0 Å². The van der Waals surface area contributed by atoms with Crippen molar-refractivity contribution in [3.63, 3.8) is 0 Å². The summed E-state index contributed by atoms with van der Waals surface area (Å²) in [4.78, 5) is 8.86. The summed E-state index contributed by atoms with van der Waals surface area (Å²) in [6.45, 7) is 0. The summed E-state index contributed by atoms with van der Waals surface area (Å²) in [5, 5.41) is 11.4. The standard InChI is InChI=1S/C12H7BrN2OS/c13-11-10-9(4-5-17-10)14-12(15-11)7-2-1-3-8(16)6-7/h1-6,16H. The van der Waals surface area contributed by atoms with Crippen LogP contribution in [0.25, 0.3) is 21.6 Å². The summed E-state index contributed by atoms with van der Waals surface area (Å²) >= 11 is 5.04. The molecule has 84 valence electrons. The quantitative estimate of drug-likeness (QED) is 0.695. The zero-order valence-electron chi connectivity index (χ0n) is 8.59. The molecule has 0 bridgehead atoms. The minimum absolute atomic E-state index is 0.215. The second-order valence-electron chi connectivity index (χ2n) is 3.52. The maximum atomic E-state index is 9.45. The summed E-state index contributed by atoms with van der Waals surface area (Å²) in [6.07, 6.45) is 0. The lowest BCUT2D eigenvalue weighted by atomic mass is 10.2. The molecule has 2 aromatic heterocycles. The van der Waals surface area contributed by atoms with Gasteiger partial charge in [0.05, 0.1) is 10.2 Å². The Balaban J connectivity index is 2.23. The van der Waals surface area contributed by atoms with E-state index in [0.717, 1.165) is 20.4 Å². The van der Waals surface area contributed by atoms with Crippen LogP contribution >= 0.6 is 27.3 Å². The molecule has 0 unspecified atom stereocenters. The molecule has 0 saturated heterocycles. The molecular formula is C12H7BrN2OS. The molecule has 0 atom stereocenters. The van der Waals surface area contributed by atoms with Crippen molar-refractivity contribution in [1.29, 1.82) is 0 Å². The molecule has 3 aromatic rings. The predicted octanol–water partition coefficient (Wildman–Crippen LogP) is 3.83. The fourth-order valence-corrected chi connectivity index (χ4v) is 2.96. The van der Waals surface area contributed by atoms with Crippen molar-refractivity contribution in [3.8, 4) is 17.1 Å². The van der Waals surface area contributed by atoms with E-state index in [-0.39, 0.29) is 5.75 Å². The van der Waals surface area contributed by atoms with E-state index in [1.54, 1.807) is 29.5 Å². The number of aromatic hydroxyl groups is 1. The van der Waals surface area contributed by atoms with E-state index in [1.165, 1.54) is 0 Å². The third-order valence-corrected chi connectivity index (χ3v) is 4.11. The van der Waals surface area contributed by atoms with Gasteiger partial charge in [-0.2, -0.15) is 0 Å². The molecule has 0 saturated carbocycles. The van der Waals surface area contributed by atoms with Gasteiger partial charge in [0, 0.05) is 5.56 Å². The van der Waals surface area contributed by atoms with Crippen molar-refractivity contribution in [2.45, 2.75) is 0 Å². The van der Waals surface area contributed by atoms with Crippen molar-refractivity contribution in [2.75, 3.05) is 0 Å². The Hall–Kier alpha value is -1.46. The Morgan fingerprint density at radius 1 is 1.18 bits per heavy atom. The van der Waals surface area contributed by atoms with Crippen LogP contribution in [0.1, 0.15) is 0 Å². The minimum atomic E-state index is 0.215. The molecule has 1 N–H and O–H groups in total. The number of halogens is 1. The monoisotopic (exact) mass is 306 g/mol. The molecule has 0 fully saturated rings. The van der Waals surface area contributed by atoms with E-state index in [4.69, 9.17) is 0 Å². The fraction of sp³-hybridized carbons (Fsp3) is 0. The number of thiophene rings is 1. The molecule has 3 nitrogen and oxygen atoms in total. The van der Waals surface area contributed by atoms with Crippen LogP contribution in [0, 0.1) is 0 Å². The fourth-order valence-electron chi connectivity index (χ4n) is 1.60. The maximum Gasteiger partial charge on any atom is 0.161 e. The van der Waals surface area contributed by atoms with E-state index in [2.05, 4.69) is 25.9 Å². The third kappa shape index (κ3) is 1.92. The van der Waals surface area contributed by atoms with Gasteiger partial charge >= 0.3 is 0 Å². The Kier molecular flexibility index (Phi) is 2.57. The number of nitrogens with zero attached hydrogens (tertiary/aromatic N) is 2. The van der Waals surface area contributed by atoms with Gasteiger partial charge in [-0.05, 0) is 39.5 Å². The van der Waals surface area contributed by atoms with Gasteiger partial charge in [-0.25, -0.2) is 9.97 Å². The van der Waals surface area contributed by atoms with E-state index >= 15 is 0 Å². The zero-order valence-corrected chi connectivity index (χ0v) is 11.0. The number of benzene rings is 1. The molecule has 17 heavy (non-hydrogen) atoms. The summed E-state index contributed by atoms with van der Waals surface area (Å²) in [5.41, 5.74) is 1.72. The first-order chi connectivity index (χ1) is 8.24. The number of rotatable bonds is 1. The molecule has 0 amide bonds. The average molecular weight is 307 g/mol. The van der Waals surface area contributed by atoms with Crippen molar-refractivity contribution < 1.29 is 5.11 Å². The normalized spacial score (nSPS) is 10.9. The largest absolute Gasteiger partial charge is 0.508 e. The van der Waals surface area contributed by atoms with Crippen LogP contribution in [-0.4, -0.2) is 15.1 Å². The molecule has 0 aliphatic rings. The number of phenolic OH excluding ortho intramolecular Hbond substituents is 1. The highest BCUT2D eigenvalue weighted by atomic mass is 79.9. The second kappa shape index (κ2) is 4.09. The van der Waals surface area contributed by atoms with Crippen molar-refractivity contribution in [2.24, 2.45) is 0 Å². The Labute approximate surface area is 110 Å². The van der Waals surface area contributed by atoms with Crippen LogP contribution in [-0.2, 0) is 0 Å². The molecular weight excluding hydrogens is 300 g/mol. The van der Waals surface area contributed by atoms with Crippen LogP contribution in [0.3, 0.4) is 0 Å². The molecule has 0 aliphatic carbocycles. The molecule has 2 heterocycles. The van der Waals surface area contributed by atoms with E-state index in [0.29, 0.717) is 5.82 Å². The smallest absolute Gasteiger partial charge is 0.161 e. The summed E-state index contributed by atoms with van der Waals surface area (Å²) < 4.78 is 1.82. The van der Waals surface area contributed by atoms with Crippen LogP contribution in [0.2, 0.25) is 0 Å². The maximum absolute atomic E-state index is 9.45. The second-order valence-corrected chi connectivity index (χ2v) is 5.19. The summed E-state index contributed by atoms with van der Waals surface area (Å²) in [6, 6.07) is 8.89. The van der Waals surface area contributed by atoms with Gasteiger partial charge < -0.3 is 5.11 Å². The van der Waals surface area contributed by atoms with E-state index < -0.39 is 0 Å². The van der Waals surface area contributed by atoms with Gasteiger partial charge in [0.25, 0.3) is 0 Å². The van der Waals surface area contributed by atoms with Crippen LogP contribution in [0.5, 0.6) is 5.75 Å². The number of hydrogen-bond donors (Lipinski definition) is 1. The number of aromatic nitrogens is 2. The summed E-state index contributed by atoms with van der Waals surface area (Å²) in [5.74, 6) is 0.825. The first-order valence-electron chi connectivity index (χ1n) is 4.94. The molecule has 1 aromatic carbocycles.